The third kappa shape index (κ3) is 3.73. The lowest BCUT2D eigenvalue weighted by Gasteiger charge is -2.11. The molecule has 0 aromatic rings. The Labute approximate surface area is 68.6 Å². The van der Waals surface area contributed by atoms with E-state index in [1.54, 1.807) is 0 Å². The van der Waals surface area contributed by atoms with Crippen LogP contribution in [-0.4, -0.2) is 5.88 Å². The first-order valence-electron chi connectivity index (χ1n) is 3.54. The van der Waals surface area contributed by atoms with E-state index in [-0.39, 0.29) is 0 Å². The predicted octanol–water partition coefficient (Wildman–Crippen LogP) is 3.38. The van der Waals surface area contributed by atoms with Crippen molar-refractivity contribution in [2.24, 2.45) is 5.92 Å². The smallest absolute Gasteiger partial charge is 0.0288 e. The van der Waals surface area contributed by atoms with Crippen LogP contribution in [0.3, 0.4) is 0 Å². The number of allylic oxidation sites excluding steroid dienone is 2. The largest absolute Gasteiger partial charge is 0.126 e. The summed E-state index contributed by atoms with van der Waals surface area (Å²) < 4.78 is 0. The zero-order valence-electron chi connectivity index (χ0n) is 6.57. The first kappa shape index (κ1) is 9.77. The summed E-state index contributed by atoms with van der Waals surface area (Å²) in [6, 6.07) is 0. The van der Waals surface area contributed by atoms with E-state index in [1.165, 1.54) is 5.57 Å². The van der Waals surface area contributed by atoms with Gasteiger partial charge in [-0.2, -0.15) is 0 Å². The van der Waals surface area contributed by atoms with E-state index < -0.39 is 0 Å². The molecule has 0 fully saturated rings. The average molecular weight is 159 g/mol. The van der Waals surface area contributed by atoms with Gasteiger partial charge >= 0.3 is 0 Å². The molecule has 0 saturated carbocycles. The molecule has 0 saturated heterocycles. The van der Waals surface area contributed by atoms with Gasteiger partial charge in [-0.3, -0.25) is 0 Å². The monoisotopic (exact) mass is 158 g/mol. The zero-order chi connectivity index (χ0) is 7.98. The summed E-state index contributed by atoms with van der Waals surface area (Å²) in [6.45, 7) is 9.54. The molecule has 58 valence electrons. The van der Waals surface area contributed by atoms with Crippen molar-refractivity contribution in [2.75, 3.05) is 5.88 Å². The Balaban J connectivity index is 3.60. The number of rotatable bonds is 5. The third-order valence-electron chi connectivity index (χ3n) is 1.60. The molecule has 0 aliphatic carbocycles. The number of halogens is 1. The zero-order valence-corrected chi connectivity index (χ0v) is 7.32. The highest BCUT2D eigenvalue weighted by molar-refractivity contribution is 6.18. The molecule has 0 radical (unpaired) electrons. The fourth-order valence-electron chi connectivity index (χ4n) is 0.774. The van der Waals surface area contributed by atoms with E-state index in [2.05, 4.69) is 13.2 Å². The first-order valence-corrected chi connectivity index (χ1v) is 4.08. The van der Waals surface area contributed by atoms with Crippen LogP contribution in [0, 0.1) is 5.92 Å². The molecule has 0 aromatic heterocycles. The topological polar surface area (TPSA) is 0 Å². The van der Waals surface area contributed by atoms with Crippen LogP contribution < -0.4 is 0 Å². The Morgan fingerprint density at radius 2 is 2.30 bits per heavy atom. The molecule has 0 aliphatic heterocycles. The highest BCUT2D eigenvalue weighted by Gasteiger charge is 2.05. The van der Waals surface area contributed by atoms with Gasteiger partial charge in [0.05, 0.1) is 0 Å². The van der Waals surface area contributed by atoms with Crippen LogP contribution in [0.15, 0.2) is 24.8 Å². The van der Waals surface area contributed by atoms with E-state index in [0.717, 1.165) is 12.8 Å². The van der Waals surface area contributed by atoms with Gasteiger partial charge in [0, 0.05) is 5.88 Å². The second kappa shape index (κ2) is 5.55. The van der Waals surface area contributed by atoms with Gasteiger partial charge < -0.3 is 0 Å². The van der Waals surface area contributed by atoms with E-state index in [4.69, 9.17) is 11.6 Å². The molecule has 0 aliphatic rings. The van der Waals surface area contributed by atoms with Crippen molar-refractivity contribution < 1.29 is 0 Å². The Bertz CT molecular complexity index is 116. The lowest BCUT2D eigenvalue weighted by molar-refractivity contribution is 0.630. The maximum Gasteiger partial charge on any atom is 0.0288 e. The molecule has 1 heteroatoms. The van der Waals surface area contributed by atoms with Crippen molar-refractivity contribution in [1.82, 2.24) is 0 Å². The molecular weight excluding hydrogens is 144 g/mol. The molecular formula is C9H15Cl. The van der Waals surface area contributed by atoms with Crippen molar-refractivity contribution in [3.63, 3.8) is 0 Å². The fourth-order valence-corrected chi connectivity index (χ4v) is 1.19. The van der Waals surface area contributed by atoms with Crippen molar-refractivity contribution in [3.8, 4) is 0 Å². The second-order valence-electron chi connectivity index (χ2n) is 2.56. The minimum atomic E-state index is 0.472. The number of hydrogen-bond acceptors (Lipinski definition) is 0. The molecule has 0 heterocycles. The fraction of sp³-hybridized carbons (Fsp3) is 0.556. The van der Waals surface area contributed by atoms with Gasteiger partial charge in [-0.05, 0) is 25.7 Å². The molecule has 0 aromatic carbocycles. The molecule has 0 nitrogen and oxygen atoms in total. The van der Waals surface area contributed by atoms with Gasteiger partial charge in [0.25, 0.3) is 0 Å². The summed E-state index contributed by atoms with van der Waals surface area (Å²) in [7, 11) is 0. The molecule has 0 rings (SSSR count). The minimum Gasteiger partial charge on any atom is -0.126 e. The molecule has 10 heavy (non-hydrogen) atoms. The average Bonchev–Trinajstić information content (AvgIpc) is 1.89. The maximum atomic E-state index is 5.70. The summed E-state index contributed by atoms with van der Waals surface area (Å²) in [6.07, 6.45) is 4.04. The van der Waals surface area contributed by atoms with Crippen LogP contribution in [0.2, 0.25) is 0 Å². The third-order valence-corrected chi connectivity index (χ3v) is 1.97. The highest BCUT2D eigenvalue weighted by Crippen LogP contribution is 2.16. The van der Waals surface area contributed by atoms with Crippen LogP contribution in [0.25, 0.3) is 0 Å². The molecule has 0 amide bonds. The van der Waals surface area contributed by atoms with E-state index >= 15 is 0 Å². The second-order valence-corrected chi connectivity index (χ2v) is 2.87. The molecule has 0 N–H and O–H groups in total. The van der Waals surface area contributed by atoms with Crippen molar-refractivity contribution >= 4 is 11.6 Å². The standard InChI is InChI=1S/C9H15Cl/c1-4-5-6-9(7-10)8(2)3/h4,9H,1-2,5-7H2,3H3. The minimum absolute atomic E-state index is 0.472. The Hall–Kier alpha value is -0.230. The normalized spacial score (nSPS) is 12.6. The molecule has 1 atom stereocenters. The van der Waals surface area contributed by atoms with Gasteiger partial charge in [0.1, 0.15) is 0 Å². The van der Waals surface area contributed by atoms with Crippen LogP contribution in [0.1, 0.15) is 19.8 Å². The number of alkyl halides is 1. The Morgan fingerprint density at radius 1 is 1.70 bits per heavy atom. The van der Waals surface area contributed by atoms with Crippen molar-refractivity contribution in [2.45, 2.75) is 19.8 Å². The molecule has 0 spiro atoms. The summed E-state index contributed by atoms with van der Waals surface area (Å²) in [4.78, 5) is 0. The molecule has 0 bridgehead atoms. The van der Waals surface area contributed by atoms with E-state index in [9.17, 15) is 0 Å². The molecule has 1 unspecified atom stereocenters. The maximum absolute atomic E-state index is 5.70. The van der Waals surface area contributed by atoms with Gasteiger partial charge in [-0.25, -0.2) is 0 Å². The Kier molecular flexibility index (Phi) is 5.42. The van der Waals surface area contributed by atoms with Crippen molar-refractivity contribution in [1.29, 1.82) is 0 Å². The Morgan fingerprint density at radius 3 is 2.60 bits per heavy atom. The van der Waals surface area contributed by atoms with Crippen LogP contribution >= 0.6 is 11.6 Å². The summed E-state index contributed by atoms with van der Waals surface area (Å²) >= 11 is 5.70. The van der Waals surface area contributed by atoms with Gasteiger partial charge in [0.15, 0.2) is 0 Å². The van der Waals surface area contributed by atoms with Gasteiger partial charge in [-0.1, -0.05) is 18.2 Å². The van der Waals surface area contributed by atoms with Crippen LogP contribution in [0.5, 0.6) is 0 Å². The number of hydrogen-bond donors (Lipinski definition) is 0. The van der Waals surface area contributed by atoms with Gasteiger partial charge in [0.2, 0.25) is 0 Å². The summed E-state index contributed by atoms with van der Waals surface area (Å²) in [5.74, 6) is 1.16. The lowest BCUT2D eigenvalue weighted by Crippen LogP contribution is -2.01. The van der Waals surface area contributed by atoms with E-state index in [0.29, 0.717) is 11.8 Å². The van der Waals surface area contributed by atoms with E-state index in [1.807, 2.05) is 13.0 Å². The first-order chi connectivity index (χ1) is 4.72. The highest BCUT2D eigenvalue weighted by atomic mass is 35.5. The van der Waals surface area contributed by atoms with Crippen LogP contribution in [0.4, 0.5) is 0 Å². The van der Waals surface area contributed by atoms with Gasteiger partial charge in [-0.15, -0.1) is 18.2 Å². The SMILES string of the molecule is C=CCCC(CCl)C(=C)C. The van der Waals surface area contributed by atoms with Crippen molar-refractivity contribution in [3.05, 3.63) is 24.8 Å². The van der Waals surface area contributed by atoms with Crippen LogP contribution in [-0.2, 0) is 0 Å². The summed E-state index contributed by atoms with van der Waals surface area (Å²) in [5.41, 5.74) is 1.18. The lowest BCUT2D eigenvalue weighted by atomic mass is 9.99. The summed E-state index contributed by atoms with van der Waals surface area (Å²) in [5, 5.41) is 0. The quantitative estimate of drug-likeness (QED) is 0.425. The predicted molar refractivity (Wildman–Crippen MR) is 48.5 cm³/mol.